The number of rotatable bonds is 7. The number of nitrogens with two attached hydrogens (primary N) is 2. The first-order valence-electron chi connectivity index (χ1n) is 8.39. The Kier molecular flexibility index (Phi) is 8.92. The second kappa shape index (κ2) is 10.7. The maximum Gasteiger partial charge on any atom is 0.188 e. The molecule has 0 radical (unpaired) electrons. The summed E-state index contributed by atoms with van der Waals surface area (Å²) in [6, 6.07) is 11.7. The SMILES string of the molecule is CC(C)CN=C(N)NCCCc1nn(-c2ccccc2)c(N)c1C#N.I. The van der Waals surface area contributed by atoms with Crippen molar-refractivity contribution in [1.82, 2.24) is 15.1 Å². The van der Waals surface area contributed by atoms with Crippen LogP contribution in [0.1, 0.15) is 31.5 Å². The molecule has 0 atom stereocenters. The lowest BCUT2D eigenvalue weighted by Crippen LogP contribution is -2.33. The molecule has 0 saturated carbocycles. The van der Waals surface area contributed by atoms with Crippen molar-refractivity contribution >= 4 is 35.8 Å². The van der Waals surface area contributed by atoms with Crippen LogP contribution in [0.15, 0.2) is 35.3 Å². The highest BCUT2D eigenvalue weighted by molar-refractivity contribution is 14.0. The second-order valence-corrected chi connectivity index (χ2v) is 6.22. The van der Waals surface area contributed by atoms with E-state index < -0.39 is 0 Å². The Hall–Kier alpha value is -2.28. The topological polar surface area (TPSA) is 118 Å². The zero-order valence-corrected chi connectivity index (χ0v) is 17.5. The summed E-state index contributed by atoms with van der Waals surface area (Å²) < 4.78 is 1.61. The first-order valence-corrected chi connectivity index (χ1v) is 8.39. The molecular formula is C18H26IN7. The molecule has 1 aromatic carbocycles. The molecule has 0 spiro atoms. The smallest absolute Gasteiger partial charge is 0.188 e. The van der Waals surface area contributed by atoms with E-state index in [0.29, 0.717) is 48.5 Å². The average molecular weight is 467 g/mol. The van der Waals surface area contributed by atoms with Gasteiger partial charge in [-0.1, -0.05) is 32.0 Å². The van der Waals surface area contributed by atoms with Crippen LogP contribution < -0.4 is 16.8 Å². The summed E-state index contributed by atoms with van der Waals surface area (Å²) in [4.78, 5) is 4.25. The molecule has 8 heteroatoms. The van der Waals surface area contributed by atoms with E-state index in [1.54, 1.807) is 4.68 Å². The van der Waals surface area contributed by atoms with Gasteiger partial charge in [-0.3, -0.25) is 4.99 Å². The molecule has 0 aliphatic heterocycles. The van der Waals surface area contributed by atoms with E-state index in [4.69, 9.17) is 11.5 Å². The monoisotopic (exact) mass is 467 g/mol. The van der Waals surface area contributed by atoms with Crippen LogP contribution in [0.3, 0.4) is 0 Å². The minimum Gasteiger partial charge on any atom is -0.382 e. The summed E-state index contributed by atoms with van der Waals surface area (Å²) in [7, 11) is 0. The van der Waals surface area contributed by atoms with Gasteiger partial charge in [-0.25, -0.2) is 4.68 Å². The van der Waals surface area contributed by atoms with E-state index in [2.05, 4.69) is 35.3 Å². The quantitative estimate of drug-likeness (QED) is 0.250. The van der Waals surface area contributed by atoms with Crippen molar-refractivity contribution in [3.8, 4) is 11.8 Å². The fourth-order valence-electron chi connectivity index (χ4n) is 2.35. The molecule has 26 heavy (non-hydrogen) atoms. The van der Waals surface area contributed by atoms with E-state index >= 15 is 0 Å². The van der Waals surface area contributed by atoms with Gasteiger partial charge in [-0.2, -0.15) is 10.4 Å². The van der Waals surface area contributed by atoms with Crippen LogP contribution in [-0.2, 0) is 6.42 Å². The molecule has 2 aromatic rings. The Balaban J connectivity index is 0.00000338. The summed E-state index contributed by atoms with van der Waals surface area (Å²) >= 11 is 0. The number of nitrogen functional groups attached to an aromatic ring is 1. The van der Waals surface area contributed by atoms with E-state index in [1.165, 1.54) is 0 Å². The van der Waals surface area contributed by atoms with Crippen LogP contribution in [-0.4, -0.2) is 28.8 Å². The lowest BCUT2D eigenvalue weighted by atomic mass is 10.1. The maximum absolute atomic E-state index is 9.39. The highest BCUT2D eigenvalue weighted by Crippen LogP contribution is 2.21. The molecule has 140 valence electrons. The van der Waals surface area contributed by atoms with Gasteiger partial charge in [0.2, 0.25) is 0 Å². The van der Waals surface area contributed by atoms with E-state index in [-0.39, 0.29) is 24.0 Å². The molecule has 0 unspecified atom stereocenters. The summed E-state index contributed by atoms with van der Waals surface area (Å²) in [5.74, 6) is 1.29. The van der Waals surface area contributed by atoms with Crippen molar-refractivity contribution in [3.63, 3.8) is 0 Å². The van der Waals surface area contributed by atoms with Gasteiger partial charge in [0.1, 0.15) is 17.5 Å². The minimum atomic E-state index is 0. The zero-order valence-electron chi connectivity index (χ0n) is 15.1. The first kappa shape index (κ1) is 21.8. The molecule has 0 amide bonds. The first-order chi connectivity index (χ1) is 12.0. The largest absolute Gasteiger partial charge is 0.382 e. The second-order valence-electron chi connectivity index (χ2n) is 6.22. The number of halogens is 1. The van der Waals surface area contributed by atoms with Crippen molar-refractivity contribution in [1.29, 1.82) is 5.26 Å². The predicted molar refractivity (Wildman–Crippen MR) is 116 cm³/mol. The lowest BCUT2D eigenvalue weighted by molar-refractivity contribution is 0.659. The molecule has 0 aliphatic rings. The van der Waals surface area contributed by atoms with Crippen LogP contribution in [0.4, 0.5) is 5.82 Å². The molecule has 1 heterocycles. The zero-order chi connectivity index (χ0) is 18.2. The molecule has 2 rings (SSSR count). The third kappa shape index (κ3) is 5.91. The Morgan fingerprint density at radius 1 is 1.35 bits per heavy atom. The number of hydrogen-bond acceptors (Lipinski definition) is 4. The van der Waals surface area contributed by atoms with Gasteiger partial charge in [-0.15, -0.1) is 24.0 Å². The molecule has 0 aliphatic carbocycles. The lowest BCUT2D eigenvalue weighted by Gasteiger charge is -2.06. The van der Waals surface area contributed by atoms with Gasteiger partial charge in [0.25, 0.3) is 0 Å². The molecule has 0 fully saturated rings. The van der Waals surface area contributed by atoms with Crippen LogP contribution >= 0.6 is 24.0 Å². The van der Waals surface area contributed by atoms with Gasteiger partial charge in [0.05, 0.1) is 11.4 Å². The number of nitrogens with zero attached hydrogens (tertiary/aromatic N) is 4. The third-order valence-corrected chi connectivity index (χ3v) is 3.63. The van der Waals surface area contributed by atoms with E-state index in [0.717, 1.165) is 12.1 Å². The molecule has 1 aromatic heterocycles. The number of aliphatic imine (C=N–C) groups is 1. The highest BCUT2D eigenvalue weighted by atomic mass is 127. The summed E-state index contributed by atoms with van der Waals surface area (Å²) in [5.41, 5.74) is 13.9. The number of para-hydroxylation sites is 1. The number of anilines is 1. The average Bonchev–Trinajstić information content (AvgIpc) is 2.93. The number of nitrogens with one attached hydrogen (secondary N) is 1. The summed E-state index contributed by atoms with van der Waals surface area (Å²) in [5, 5.41) is 17.0. The number of benzene rings is 1. The van der Waals surface area contributed by atoms with Gasteiger partial charge in [0.15, 0.2) is 5.96 Å². The van der Waals surface area contributed by atoms with Crippen molar-refractivity contribution in [3.05, 3.63) is 41.6 Å². The fourth-order valence-corrected chi connectivity index (χ4v) is 2.35. The number of aromatic nitrogens is 2. The van der Waals surface area contributed by atoms with Crippen LogP contribution in [0.25, 0.3) is 5.69 Å². The Bertz CT molecular complexity index is 760. The molecule has 5 N–H and O–H groups in total. The minimum absolute atomic E-state index is 0. The number of hydrogen-bond donors (Lipinski definition) is 3. The maximum atomic E-state index is 9.39. The van der Waals surface area contributed by atoms with Crippen molar-refractivity contribution < 1.29 is 0 Å². The normalized spacial score (nSPS) is 11.1. The molecular weight excluding hydrogens is 441 g/mol. The van der Waals surface area contributed by atoms with Crippen molar-refractivity contribution in [2.45, 2.75) is 26.7 Å². The Labute approximate surface area is 171 Å². The number of aryl methyl sites for hydroxylation is 1. The van der Waals surface area contributed by atoms with E-state index in [1.807, 2.05) is 30.3 Å². The number of guanidine groups is 1. The van der Waals surface area contributed by atoms with Gasteiger partial charge < -0.3 is 16.8 Å². The molecule has 0 saturated heterocycles. The van der Waals surface area contributed by atoms with Crippen LogP contribution in [0.5, 0.6) is 0 Å². The number of nitriles is 1. The Morgan fingerprint density at radius 2 is 2.04 bits per heavy atom. The molecule has 7 nitrogen and oxygen atoms in total. The third-order valence-electron chi connectivity index (χ3n) is 3.63. The van der Waals surface area contributed by atoms with Gasteiger partial charge in [0, 0.05) is 13.1 Å². The van der Waals surface area contributed by atoms with Crippen LogP contribution in [0.2, 0.25) is 0 Å². The Morgan fingerprint density at radius 3 is 2.65 bits per heavy atom. The van der Waals surface area contributed by atoms with E-state index in [9.17, 15) is 5.26 Å². The standard InChI is InChI=1S/C18H25N7.HI/c1-13(2)12-23-18(21)22-10-6-9-16-15(11-19)17(20)25(24-16)14-7-4-3-5-8-14;/h3-5,7-8,13H,6,9-10,12,20H2,1-2H3,(H3,21,22,23);1H. The van der Waals surface area contributed by atoms with Crippen molar-refractivity contribution in [2.24, 2.45) is 16.6 Å². The summed E-state index contributed by atoms with van der Waals surface area (Å²) in [6.45, 7) is 5.55. The van der Waals surface area contributed by atoms with Gasteiger partial charge in [-0.05, 0) is 30.9 Å². The van der Waals surface area contributed by atoms with Crippen LogP contribution in [0, 0.1) is 17.2 Å². The predicted octanol–water partition coefficient (Wildman–Crippen LogP) is 2.44. The highest BCUT2D eigenvalue weighted by Gasteiger charge is 2.15. The van der Waals surface area contributed by atoms with Gasteiger partial charge >= 0.3 is 0 Å². The summed E-state index contributed by atoms with van der Waals surface area (Å²) in [6.07, 6.45) is 1.41. The van der Waals surface area contributed by atoms with Crippen molar-refractivity contribution in [2.75, 3.05) is 18.8 Å². The molecule has 0 bridgehead atoms. The fraction of sp³-hybridized carbons (Fsp3) is 0.389.